The number of fused-ring (bicyclic) bond motifs is 1. The van der Waals surface area contributed by atoms with Crippen molar-refractivity contribution in [2.45, 2.75) is 25.7 Å². The zero-order chi connectivity index (χ0) is 13.4. The zero-order valence-electron chi connectivity index (χ0n) is 11.0. The summed E-state index contributed by atoms with van der Waals surface area (Å²) in [5, 5.41) is 0. The van der Waals surface area contributed by atoms with E-state index < -0.39 is 0 Å². The van der Waals surface area contributed by atoms with Gasteiger partial charge in [-0.25, -0.2) is 0 Å². The summed E-state index contributed by atoms with van der Waals surface area (Å²) < 4.78 is 0. The first-order valence-electron chi connectivity index (χ1n) is 6.62. The van der Waals surface area contributed by atoms with Crippen LogP contribution in [0.2, 0.25) is 0 Å². The van der Waals surface area contributed by atoms with Crippen molar-refractivity contribution in [1.29, 1.82) is 0 Å². The van der Waals surface area contributed by atoms with Crippen LogP contribution in [0.3, 0.4) is 0 Å². The monoisotopic (exact) mass is 251 g/mol. The Hall–Kier alpha value is -2.09. The van der Waals surface area contributed by atoms with Crippen molar-refractivity contribution in [3.05, 3.63) is 64.7 Å². The van der Waals surface area contributed by atoms with Crippen LogP contribution in [0.1, 0.15) is 39.4 Å². The molecule has 19 heavy (non-hydrogen) atoms. The fourth-order valence-electron chi connectivity index (χ4n) is 2.79. The molecule has 2 nitrogen and oxygen atoms in total. The number of nitrogens with two attached hydrogens (primary N) is 1. The van der Waals surface area contributed by atoms with Gasteiger partial charge in [-0.3, -0.25) is 4.79 Å². The van der Waals surface area contributed by atoms with Gasteiger partial charge in [0.15, 0.2) is 5.78 Å². The first-order chi connectivity index (χ1) is 9.15. The average Bonchev–Trinajstić information content (AvgIpc) is 2.38. The third-order valence-electron chi connectivity index (χ3n) is 3.90. The number of hydrogen-bond donors (Lipinski definition) is 1. The van der Waals surface area contributed by atoms with Crippen molar-refractivity contribution in [3.63, 3.8) is 0 Å². The largest absolute Gasteiger partial charge is 0.398 e. The highest BCUT2D eigenvalue weighted by atomic mass is 16.1. The molecule has 2 heteroatoms. The molecule has 96 valence electrons. The van der Waals surface area contributed by atoms with Crippen LogP contribution in [0.25, 0.3) is 0 Å². The van der Waals surface area contributed by atoms with Gasteiger partial charge in [0.1, 0.15) is 0 Å². The molecule has 0 aliphatic heterocycles. The predicted octanol–water partition coefficient (Wildman–Crippen LogP) is 3.49. The lowest BCUT2D eigenvalue weighted by atomic mass is 9.74. The van der Waals surface area contributed by atoms with Gasteiger partial charge in [0.2, 0.25) is 0 Å². The molecule has 0 fully saturated rings. The number of hydrogen-bond acceptors (Lipinski definition) is 2. The SMILES string of the molecule is Cc1ccc(N)c(C(=O)CC2Cc3ccccc32)c1. The lowest BCUT2D eigenvalue weighted by Crippen LogP contribution is -2.20. The van der Waals surface area contributed by atoms with Crippen LogP contribution in [-0.4, -0.2) is 5.78 Å². The molecule has 0 saturated heterocycles. The Morgan fingerprint density at radius 1 is 1.26 bits per heavy atom. The van der Waals surface area contributed by atoms with E-state index in [1.165, 1.54) is 11.1 Å². The second kappa shape index (κ2) is 4.54. The summed E-state index contributed by atoms with van der Waals surface area (Å²) in [5.74, 6) is 0.518. The Morgan fingerprint density at radius 2 is 2.05 bits per heavy atom. The van der Waals surface area contributed by atoms with Crippen molar-refractivity contribution >= 4 is 11.5 Å². The first kappa shape index (κ1) is 12.0. The number of ketones is 1. The third-order valence-corrected chi connectivity index (χ3v) is 3.90. The Bertz CT molecular complexity index is 645. The maximum Gasteiger partial charge on any atom is 0.165 e. The topological polar surface area (TPSA) is 43.1 Å². The Kier molecular flexibility index (Phi) is 2.86. The highest BCUT2D eigenvalue weighted by Crippen LogP contribution is 2.38. The van der Waals surface area contributed by atoms with Crippen LogP contribution < -0.4 is 5.73 Å². The molecular formula is C17H17NO. The van der Waals surface area contributed by atoms with E-state index in [1.807, 2.05) is 31.2 Å². The summed E-state index contributed by atoms with van der Waals surface area (Å²) in [5.41, 5.74) is 10.9. The number of Topliss-reactive ketones (excluding diaryl/α,β-unsaturated/α-hetero) is 1. The lowest BCUT2D eigenvalue weighted by molar-refractivity contribution is 0.0971. The fourth-order valence-corrected chi connectivity index (χ4v) is 2.79. The van der Waals surface area contributed by atoms with Gasteiger partial charge in [-0.1, -0.05) is 35.9 Å². The molecule has 3 rings (SSSR count). The van der Waals surface area contributed by atoms with E-state index in [0.29, 0.717) is 23.6 Å². The molecule has 1 aliphatic carbocycles. The number of anilines is 1. The van der Waals surface area contributed by atoms with Crippen molar-refractivity contribution in [3.8, 4) is 0 Å². The number of benzene rings is 2. The van der Waals surface area contributed by atoms with Gasteiger partial charge in [0, 0.05) is 17.7 Å². The van der Waals surface area contributed by atoms with Gasteiger partial charge in [-0.05, 0) is 42.5 Å². The van der Waals surface area contributed by atoms with Gasteiger partial charge >= 0.3 is 0 Å². The molecular weight excluding hydrogens is 234 g/mol. The van der Waals surface area contributed by atoms with Crippen molar-refractivity contribution in [1.82, 2.24) is 0 Å². The highest BCUT2D eigenvalue weighted by Gasteiger charge is 2.28. The molecule has 2 aromatic rings. The summed E-state index contributed by atoms with van der Waals surface area (Å²) in [4.78, 5) is 12.4. The molecule has 0 spiro atoms. The van der Waals surface area contributed by atoms with Gasteiger partial charge in [0.25, 0.3) is 0 Å². The fraction of sp³-hybridized carbons (Fsp3) is 0.235. The van der Waals surface area contributed by atoms with E-state index in [0.717, 1.165) is 12.0 Å². The Labute approximate surface area is 113 Å². The van der Waals surface area contributed by atoms with E-state index in [4.69, 9.17) is 5.73 Å². The minimum atomic E-state index is 0.153. The van der Waals surface area contributed by atoms with E-state index >= 15 is 0 Å². The lowest BCUT2D eigenvalue weighted by Gasteiger charge is -2.29. The summed E-state index contributed by atoms with van der Waals surface area (Å²) in [6, 6.07) is 14.0. The minimum Gasteiger partial charge on any atom is -0.398 e. The van der Waals surface area contributed by atoms with Crippen LogP contribution in [0.15, 0.2) is 42.5 Å². The van der Waals surface area contributed by atoms with Gasteiger partial charge in [-0.2, -0.15) is 0 Å². The molecule has 2 N–H and O–H groups in total. The molecule has 0 radical (unpaired) electrons. The van der Waals surface area contributed by atoms with Crippen LogP contribution in [0.5, 0.6) is 0 Å². The second-order valence-corrected chi connectivity index (χ2v) is 5.32. The standard InChI is InChI=1S/C17H17NO/c1-11-6-7-16(18)15(8-11)17(19)10-13-9-12-4-2-3-5-14(12)13/h2-8,13H,9-10,18H2,1H3. The van der Waals surface area contributed by atoms with Gasteiger partial charge in [-0.15, -0.1) is 0 Å². The van der Waals surface area contributed by atoms with Gasteiger partial charge in [0.05, 0.1) is 0 Å². The summed E-state index contributed by atoms with van der Waals surface area (Å²) >= 11 is 0. The molecule has 0 bridgehead atoms. The molecule has 2 aromatic carbocycles. The van der Waals surface area contributed by atoms with Crippen LogP contribution >= 0.6 is 0 Å². The summed E-state index contributed by atoms with van der Waals surface area (Å²) in [6.07, 6.45) is 1.57. The van der Waals surface area contributed by atoms with Crippen molar-refractivity contribution in [2.75, 3.05) is 5.73 Å². The van der Waals surface area contributed by atoms with Crippen LogP contribution in [-0.2, 0) is 6.42 Å². The number of nitrogen functional groups attached to an aromatic ring is 1. The predicted molar refractivity (Wildman–Crippen MR) is 77.4 cm³/mol. The molecule has 1 atom stereocenters. The molecule has 0 amide bonds. The first-order valence-corrected chi connectivity index (χ1v) is 6.62. The van der Waals surface area contributed by atoms with E-state index in [1.54, 1.807) is 0 Å². The highest BCUT2D eigenvalue weighted by molar-refractivity contribution is 6.01. The molecule has 0 heterocycles. The molecule has 1 unspecified atom stereocenters. The molecule has 0 saturated carbocycles. The smallest absolute Gasteiger partial charge is 0.165 e. The maximum atomic E-state index is 12.4. The van der Waals surface area contributed by atoms with Crippen molar-refractivity contribution < 1.29 is 4.79 Å². The Balaban J connectivity index is 1.79. The summed E-state index contributed by atoms with van der Waals surface area (Å²) in [7, 11) is 0. The number of carbonyl (C=O) groups is 1. The molecule has 1 aliphatic rings. The van der Waals surface area contributed by atoms with Crippen LogP contribution in [0.4, 0.5) is 5.69 Å². The van der Waals surface area contributed by atoms with Crippen LogP contribution in [0, 0.1) is 6.92 Å². The summed E-state index contributed by atoms with van der Waals surface area (Å²) in [6.45, 7) is 1.98. The minimum absolute atomic E-state index is 0.153. The van der Waals surface area contributed by atoms with Gasteiger partial charge < -0.3 is 5.73 Å². The van der Waals surface area contributed by atoms with E-state index in [2.05, 4.69) is 18.2 Å². The number of rotatable bonds is 3. The quantitative estimate of drug-likeness (QED) is 0.670. The van der Waals surface area contributed by atoms with E-state index in [-0.39, 0.29) is 5.78 Å². The average molecular weight is 251 g/mol. The van der Waals surface area contributed by atoms with Crippen molar-refractivity contribution in [2.24, 2.45) is 0 Å². The number of carbonyl (C=O) groups excluding carboxylic acids is 1. The second-order valence-electron chi connectivity index (χ2n) is 5.32. The zero-order valence-corrected chi connectivity index (χ0v) is 11.0. The Morgan fingerprint density at radius 3 is 2.84 bits per heavy atom. The van der Waals surface area contributed by atoms with E-state index in [9.17, 15) is 4.79 Å². The third kappa shape index (κ3) is 2.14. The molecule has 0 aromatic heterocycles. The maximum absolute atomic E-state index is 12.4. The normalized spacial score (nSPS) is 16.6. The number of aryl methyl sites for hydroxylation is 1.